The van der Waals surface area contributed by atoms with E-state index in [0.717, 1.165) is 6.07 Å². The number of hydrogen-bond donors (Lipinski definition) is 0. The molecule has 8 heteroatoms. The van der Waals surface area contributed by atoms with Crippen molar-refractivity contribution < 1.29 is 26.0 Å². The van der Waals surface area contributed by atoms with E-state index in [1.54, 1.807) is 6.92 Å². The van der Waals surface area contributed by atoms with Crippen LogP contribution in [0.25, 0.3) is 0 Å². The molecule has 0 amide bonds. The highest BCUT2D eigenvalue weighted by atomic mass is 32.2. The molecule has 0 aliphatic carbocycles. The third-order valence-corrected chi connectivity index (χ3v) is 4.21. The summed E-state index contributed by atoms with van der Waals surface area (Å²) in [6.45, 7) is 0.352. The molecular weight excluding hydrogens is 286 g/mol. The van der Waals surface area contributed by atoms with Crippen LogP contribution in [0.1, 0.15) is 13.3 Å². The summed E-state index contributed by atoms with van der Waals surface area (Å²) in [4.78, 5) is -0.929. The second kappa shape index (κ2) is 6.33. The molecule has 0 fully saturated rings. The van der Waals surface area contributed by atoms with E-state index in [1.165, 1.54) is 0 Å². The lowest BCUT2D eigenvalue weighted by Crippen LogP contribution is -2.36. The minimum absolute atomic E-state index is 0.192. The van der Waals surface area contributed by atoms with Gasteiger partial charge in [0, 0.05) is 6.54 Å². The highest BCUT2D eigenvalue weighted by molar-refractivity contribution is 7.89. The van der Waals surface area contributed by atoms with Crippen molar-refractivity contribution in [3.63, 3.8) is 0 Å². The van der Waals surface area contributed by atoms with Gasteiger partial charge in [0.1, 0.15) is 16.5 Å². The Hall–Kier alpha value is -1.15. The topological polar surface area (TPSA) is 37.4 Å². The van der Waals surface area contributed by atoms with Crippen molar-refractivity contribution in [3.05, 3.63) is 29.8 Å². The van der Waals surface area contributed by atoms with Crippen LogP contribution in [0.5, 0.6) is 0 Å². The van der Waals surface area contributed by atoms with Crippen molar-refractivity contribution in [2.45, 2.75) is 24.7 Å². The number of hydrogen-bond acceptors (Lipinski definition) is 2. The molecule has 1 rings (SSSR count). The molecule has 0 bridgehead atoms. The molecule has 0 radical (unpaired) electrons. The molecule has 3 nitrogen and oxygen atoms in total. The van der Waals surface area contributed by atoms with E-state index in [1.807, 2.05) is 0 Å². The summed E-state index contributed by atoms with van der Waals surface area (Å²) in [5.41, 5.74) is 0. The zero-order chi connectivity index (χ0) is 14.6. The van der Waals surface area contributed by atoms with Gasteiger partial charge < -0.3 is 0 Å². The SMILES string of the molecule is CCCN(CC(F)F)S(=O)(=O)c1cc(F)ccc1F. The van der Waals surface area contributed by atoms with Crippen molar-refractivity contribution in [1.82, 2.24) is 4.31 Å². The number of nitrogens with zero attached hydrogens (tertiary/aromatic N) is 1. The van der Waals surface area contributed by atoms with Crippen LogP contribution < -0.4 is 0 Å². The lowest BCUT2D eigenvalue weighted by Gasteiger charge is -2.21. The first-order valence-electron chi connectivity index (χ1n) is 5.52. The highest BCUT2D eigenvalue weighted by Gasteiger charge is 2.29. The quantitative estimate of drug-likeness (QED) is 0.757. The monoisotopic (exact) mass is 299 g/mol. The molecule has 0 spiro atoms. The van der Waals surface area contributed by atoms with Crippen molar-refractivity contribution in [2.75, 3.05) is 13.1 Å². The summed E-state index contributed by atoms with van der Waals surface area (Å²) in [6.07, 6.45) is -2.61. The Morgan fingerprint density at radius 3 is 2.42 bits per heavy atom. The maximum absolute atomic E-state index is 13.4. The fourth-order valence-electron chi connectivity index (χ4n) is 1.53. The maximum atomic E-state index is 13.4. The minimum atomic E-state index is -4.47. The minimum Gasteiger partial charge on any atom is -0.209 e. The fraction of sp³-hybridized carbons (Fsp3) is 0.455. The van der Waals surface area contributed by atoms with Gasteiger partial charge in [-0.25, -0.2) is 26.0 Å². The molecule has 0 saturated heterocycles. The van der Waals surface area contributed by atoms with Gasteiger partial charge in [-0.15, -0.1) is 0 Å². The Kier molecular flexibility index (Phi) is 5.30. The molecule has 0 heterocycles. The third-order valence-electron chi connectivity index (χ3n) is 2.33. The molecule has 0 aromatic heterocycles. The molecule has 108 valence electrons. The summed E-state index contributed by atoms with van der Waals surface area (Å²) < 4.78 is 75.6. The molecule has 0 unspecified atom stereocenters. The maximum Gasteiger partial charge on any atom is 0.252 e. The van der Waals surface area contributed by atoms with E-state index >= 15 is 0 Å². The van der Waals surface area contributed by atoms with Gasteiger partial charge in [0.05, 0.1) is 6.54 Å². The first-order chi connectivity index (χ1) is 8.78. The van der Waals surface area contributed by atoms with E-state index in [4.69, 9.17) is 0 Å². The molecule has 1 aromatic carbocycles. The first kappa shape index (κ1) is 15.9. The second-order valence-electron chi connectivity index (χ2n) is 3.83. The second-order valence-corrected chi connectivity index (χ2v) is 5.74. The van der Waals surface area contributed by atoms with Crippen LogP contribution in [0.4, 0.5) is 17.6 Å². The number of benzene rings is 1. The lowest BCUT2D eigenvalue weighted by molar-refractivity contribution is 0.119. The summed E-state index contributed by atoms with van der Waals surface area (Å²) in [7, 11) is -4.47. The zero-order valence-electron chi connectivity index (χ0n) is 10.1. The van der Waals surface area contributed by atoms with Crippen molar-refractivity contribution >= 4 is 10.0 Å². The summed E-state index contributed by atoms with van der Waals surface area (Å²) in [5, 5.41) is 0. The molecule has 0 aliphatic rings. The summed E-state index contributed by atoms with van der Waals surface area (Å²) in [5.74, 6) is -2.12. The molecule has 0 N–H and O–H groups in total. The Morgan fingerprint density at radius 1 is 1.26 bits per heavy atom. The molecule has 1 aromatic rings. The van der Waals surface area contributed by atoms with Crippen LogP contribution in [0.3, 0.4) is 0 Å². The van der Waals surface area contributed by atoms with E-state index in [-0.39, 0.29) is 13.0 Å². The lowest BCUT2D eigenvalue weighted by atomic mass is 10.3. The van der Waals surface area contributed by atoms with Crippen LogP contribution in [-0.4, -0.2) is 32.2 Å². The van der Waals surface area contributed by atoms with Gasteiger partial charge in [-0.2, -0.15) is 4.31 Å². The van der Waals surface area contributed by atoms with E-state index < -0.39 is 39.5 Å². The Bertz CT molecular complexity index is 533. The van der Waals surface area contributed by atoms with E-state index in [2.05, 4.69) is 0 Å². The van der Waals surface area contributed by atoms with Crippen molar-refractivity contribution in [2.24, 2.45) is 0 Å². The fourth-order valence-corrected chi connectivity index (χ4v) is 3.11. The highest BCUT2D eigenvalue weighted by Crippen LogP contribution is 2.21. The van der Waals surface area contributed by atoms with Crippen molar-refractivity contribution in [1.29, 1.82) is 0 Å². The molecule has 19 heavy (non-hydrogen) atoms. The average molecular weight is 299 g/mol. The van der Waals surface area contributed by atoms with Crippen LogP contribution in [0, 0.1) is 11.6 Å². The summed E-state index contributed by atoms with van der Waals surface area (Å²) >= 11 is 0. The smallest absolute Gasteiger partial charge is 0.209 e. The normalized spacial score (nSPS) is 12.4. The average Bonchev–Trinajstić information content (AvgIpc) is 2.31. The molecule has 0 saturated carbocycles. The van der Waals surface area contributed by atoms with Gasteiger partial charge in [-0.05, 0) is 24.6 Å². The van der Waals surface area contributed by atoms with E-state index in [9.17, 15) is 26.0 Å². The zero-order valence-corrected chi connectivity index (χ0v) is 10.9. The predicted molar refractivity (Wildman–Crippen MR) is 61.4 cm³/mol. The van der Waals surface area contributed by atoms with Crippen LogP contribution in [0.15, 0.2) is 23.1 Å². The van der Waals surface area contributed by atoms with Gasteiger partial charge in [0.15, 0.2) is 0 Å². The Morgan fingerprint density at radius 2 is 1.89 bits per heavy atom. The van der Waals surface area contributed by atoms with E-state index in [0.29, 0.717) is 16.4 Å². The van der Waals surface area contributed by atoms with Crippen molar-refractivity contribution in [3.8, 4) is 0 Å². The Balaban J connectivity index is 3.22. The standard InChI is InChI=1S/C11H13F4NO2S/c1-2-5-16(7-11(14)15)19(17,18)10-6-8(12)3-4-9(10)13/h3-4,6,11H,2,5,7H2,1H3. The van der Waals surface area contributed by atoms with Gasteiger partial charge >= 0.3 is 0 Å². The molecular formula is C11H13F4NO2S. The largest absolute Gasteiger partial charge is 0.252 e. The number of alkyl halides is 2. The van der Waals surface area contributed by atoms with Gasteiger partial charge in [-0.3, -0.25) is 0 Å². The summed E-state index contributed by atoms with van der Waals surface area (Å²) in [6, 6.07) is 1.89. The number of halogens is 4. The third kappa shape index (κ3) is 3.90. The molecule has 0 atom stereocenters. The first-order valence-corrected chi connectivity index (χ1v) is 6.96. The van der Waals surface area contributed by atoms with Gasteiger partial charge in [0.2, 0.25) is 10.0 Å². The molecule has 0 aliphatic heterocycles. The number of sulfonamides is 1. The predicted octanol–water partition coefficient (Wildman–Crippen LogP) is 2.63. The Labute approximate surface area is 108 Å². The van der Waals surface area contributed by atoms with Crippen LogP contribution in [-0.2, 0) is 10.0 Å². The van der Waals surface area contributed by atoms with Gasteiger partial charge in [0.25, 0.3) is 6.43 Å². The van der Waals surface area contributed by atoms with Crippen LogP contribution in [0.2, 0.25) is 0 Å². The van der Waals surface area contributed by atoms with Crippen LogP contribution >= 0.6 is 0 Å². The van der Waals surface area contributed by atoms with Gasteiger partial charge in [-0.1, -0.05) is 6.92 Å². The number of rotatable bonds is 6.